The van der Waals surface area contributed by atoms with E-state index in [4.69, 9.17) is 14.0 Å². The Morgan fingerprint density at radius 3 is 2.65 bits per heavy atom. The Morgan fingerprint density at radius 1 is 1.30 bits per heavy atom. The molecule has 0 aliphatic heterocycles. The molecular formula is C14H25N3O3. The number of hydrogen-bond donors (Lipinski definition) is 1. The molecule has 0 saturated heterocycles. The average Bonchev–Trinajstić information content (AvgIpc) is 2.96. The lowest BCUT2D eigenvalue weighted by Crippen LogP contribution is -2.33. The molecule has 1 unspecified atom stereocenters. The molecule has 6 heteroatoms. The molecule has 0 radical (unpaired) electrons. The second kappa shape index (κ2) is 7.15. The summed E-state index contributed by atoms with van der Waals surface area (Å²) in [6, 6.07) is 0.179. The molecule has 1 atom stereocenters. The SMILES string of the molecule is CNC(COC)Cc1nc(C2(OC)CCCCC2)no1. The first-order valence-electron chi connectivity index (χ1n) is 7.28. The van der Waals surface area contributed by atoms with Gasteiger partial charge in [0.15, 0.2) is 0 Å². The van der Waals surface area contributed by atoms with Crippen LogP contribution in [-0.2, 0) is 21.5 Å². The summed E-state index contributed by atoms with van der Waals surface area (Å²) in [6.45, 7) is 0.615. The molecule has 1 N–H and O–H groups in total. The van der Waals surface area contributed by atoms with Crippen LogP contribution in [0.4, 0.5) is 0 Å². The second-order valence-electron chi connectivity index (χ2n) is 5.42. The predicted molar refractivity (Wildman–Crippen MR) is 74.5 cm³/mol. The summed E-state index contributed by atoms with van der Waals surface area (Å²) >= 11 is 0. The zero-order valence-corrected chi connectivity index (χ0v) is 12.6. The summed E-state index contributed by atoms with van der Waals surface area (Å²) in [5, 5.41) is 7.33. The topological polar surface area (TPSA) is 69.4 Å². The van der Waals surface area contributed by atoms with Gasteiger partial charge in [-0.3, -0.25) is 0 Å². The summed E-state index contributed by atoms with van der Waals surface area (Å²) in [5.74, 6) is 1.33. The molecule has 6 nitrogen and oxygen atoms in total. The fraction of sp³-hybridized carbons (Fsp3) is 0.857. The van der Waals surface area contributed by atoms with Crippen LogP contribution in [0.5, 0.6) is 0 Å². The molecule has 0 aromatic carbocycles. The van der Waals surface area contributed by atoms with Crippen molar-refractivity contribution in [2.75, 3.05) is 27.9 Å². The predicted octanol–water partition coefficient (Wildman–Crippen LogP) is 1.65. The minimum atomic E-state index is -0.351. The highest BCUT2D eigenvalue weighted by Gasteiger charge is 2.38. The minimum absolute atomic E-state index is 0.179. The first-order chi connectivity index (χ1) is 9.74. The highest BCUT2D eigenvalue weighted by molar-refractivity contribution is 5.03. The maximum Gasteiger partial charge on any atom is 0.228 e. The third kappa shape index (κ3) is 3.37. The Kier molecular flexibility index (Phi) is 5.51. The van der Waals surface area contributed by atoms with Crippen molar-refractivity contribution in [1.82, 2.24) is 15.5 Å². The van der Waals surface area contributed by atoms with Gasteiger partial charge in [-0.05, 0) is 19.9 Å². The summed E-state index contributed by atoms with van der Waals surface area (Å²) in [7, 11) is 5.33. The van der Waals surface area contributed by atoms with Gasteiger partial charge in [0.05, 0.1) is 6.61 Å². The molecule has 20 heavy (non-hydrogen) atoms. The Morgan fingerprint density at radius 2 is 2.05 bits per heavy atom. The largest absolute Gasteiger partial charge is 0.383 e. The van der Waals surface area contributed by atoms with Crippen molar-refractivity contribution < 1.29 is 14.0 Å². The number of ether oxygens (including phenoxy) is 2. The fourth-order valence-electron chi connectivity index (χ4n) is 2.82. The Balaban J connectivity index is 2.07. The maximum atomic E-state index is 5.73. The zero-order valence-electron chi connectivity index (χ0n) is 12.6. The zero-order chi connectivity index (χ0) is 14.4. The van der Waals surface area contributed by atoms with Gasteiger partial charge < -0.3 is 19.3 Å². The molecule has 1 heterocycles. The van der Waals surface area contributed by atoms with Crippen molar-refractivity contribution in [3.05, 3.63) is 11.7 Å². The van der Waals surface area contributed by atoms with Crippen LogP contribution >= 0.6 is 0 Å². The van der Waals surface area contributed by atoms with E-state index in [9.17, 15) is 0 Å². The van der Waals surface area contributed by atoms with Crippen molar-refractivity contribution in [1.29, 1.82) is 0 Å². The van der Waals surface area contributed by atoms with Gasteiger partial charge in [-0.15, -0.1) is 0 Å². The average molecular weight is 283 g/mol. The summed E-state index contributed by atoms with van der Waals surface area (Å²) in [6.07, 6.45) is 6.16. The molecular weight excluding hydrogens is 258 g/mol. The lowest BCUT2D eigenvalue weighted by atomic mass is 9.84. The van der Waals surface area contributed by atoms with Crippen molar-refractivity contribution >= 4 is 0 Å². The van der Waals surface area contributed by atoms with Gasteiger partial charge in [-0.1, -0.05) is 24.4 Å². The number of nitrogens with zero attached hydrogens (tertiary/aromatic N) is 2. The van der Waals surface area contributed by atoms with Crippen LogP contribution in [0.1, 0.15) is 43.8 Å². The van der Waals surface area contributed by atoms with E-state index in [0.717, 1.165) is 25.7 Å². The summed E-state index contributed by atoms with van der Waals surface area (Å²) in [5.41, 5.74) is -0.351. The highest BCUT2D eigenvalue weighted by atomic mass is 16.5. The quantitative estimate of drug-likeness (QED) is 0.820. The van der Waals surface area contributed by atoms with Gasteiger partial charge in [0.1, 0.15) is 5.60 Å². The molecule has 1 aromatic rings. The smallest absolute Gasteiger partial charge is 0.228 e. The van der Waals surface area contributed by atoms with Crippen molar-refractivity contribution in [3.63, 3.8) is 0 Å². The maximum absolute atomic E-state index is 5.73. The van der Waals surface area contributed by atoms with Crippen molar-refractivity contribution in [2.24, 2.45) is 0 Å². The standard InChI is InChI=1S/C14H25N3O3/c1-15-11(10-18-2)9-12-16-13(17-20-12)14(19-3)7-5-4-6-8-14/h11,15H,4-10H2,1-3H3. The van der Waals surface area contributed by atoms with Gasteiger partial charge in [0.2, 0.25) is 11.7 Å². The van der Waals surface area contributed by atoms with Gasteiger partial charge in [-0.25, -0.2) is 0 Å². The molecule has 0 spiro atoms. The number of likely N-dealkylation sites (N-methyl/N-ethyl adjacent to an activating group) is 1. The minimum Gasteiger partial charge on any atom is -0.383 e. The second-order valence-corrected chi connectivity index (χ2v) is 5.42. The normalized spacial score (nSPS) is 19.9. The lowest BCUT2D eigenvalue weighted by Gasteiger charge is -2.32. The summed E-state index contributed by atoms with van der Waals surface area (Å²) in [4.78, 5) is 4.55. The van der Waals surface area contributed by atoms with Gasteiger partial charge in [0.25, 0.3) is 0 Å². The monoisotopic (exact) mass is 283 g/mol. The Hall–Kier alpha value is -0.980. The first kappa shape index (κ1) is 15.4. The molecule has 1 aliphatic carbocycles. The number of hydrogen-bond acceptors (Lipinski definition) is 6. The van der Waals surface area contributed by atoms with E-state index < -0.39 is 0 Å². The van der Waals surface area contributed by atoms with E-state index in [1.807, 2.05) is 7.05 Å². The van der Waals surface area contributed by atoms with Crippen LogP contribution < -0.4 is 5.32 Å². The van der Waals surface area contributed by atoms with Crippen LogP contribution in [0.15, 0.2) is 4.52 Å². The van der Waals surface area contributed by atoms with E-state index in [1.54, 1.807) is 14.2 Å². The van der Waals surface area contributed by atoms with Gasteiger partial charge >= 0.3 is 0 Å². The Labute approximate surface area is 120 Å². The first-order valence-corrected chi connectivity index (χ1v) is 7.28. The molecule has 1 aromatic heterocycles. The van der Waals surface area contributed by atoms with E-state index in [0.29, 0.717) is 24.7 Å². The fourth-order valence-corrected chi connectivity index (χ4v) is 2.82. The molecule has 114 valence electrons. The summed E-state index contributed by atoms with van der Waals surface area (Å²) < 4.78 is 16.3. The van der Waals surface area contributed by atoms with E-state index in [2.05, 4.69) is 15.5 Å². The van der Waals surface area contributed by atoms with Gasteiger partial charge in [0, 0.05) is 26.7 Å². The molecule has 0 bridgehead atoms. The highest BCUT2D eigenvalue weighted by Crippen LogP contribution is 2.38. The molecule has 2 rings (SSSR count). The Bertz CT molecular complexity index is 402. The van der Waals surface area contributed by atoms with Crippen molar-refractivity contribution in [2.45, 2.75) is 50.2 Å². The number of methoxy groups -OCH3 is 2. The third-order valence-electron chi connectivity index (χ3n) is 4.12. The van der Waals surface area contributed by atoms with Crippen LogP contribution in [0.3, 0.4) is 0 Å². The molecule has 1 aliphatic rings. The van der Waals surface area contributed by atoms with E-state index in [1.165, 1.54) is 6.42 Å². The number of nitrogens with one attached hydrogen (secondary N) is 1. The third-order valence-corrected chi connectivity index (χ3v) is 4.12. The van der Waals surface area contributed by atoms with Crippen molar-refractivity contribution in [3.8, 4) is 0 Å². The molecule has 1 fully saturated rings. The molecule has 1 saturated carbocycles. The van der Waals surface area contributed by atoms with Crippen LogP contribution in [0.25, 0.3) is 0 Å². The molecule has 0 amide bonds. The van der Waals surface area contributed by atoms with Gasteiger partial charge in [-0.2, -0.15) is 4.98 Å². The van der Waals surface area contributed by atoms with Crippen LogP contribution in [0, 0.1) is 0 Å². The lowest BCUT2D eigenvalue weighted by molar-refractivity contribution is -0.0527. The van der Waals surface area contributed by atoms with E-state index >= 15 is 0 Å². The van der Waals surface area contributed by atoms with E-state index in [-0.39, 0.29) is 11.6 Å². The van der Waals surface area contributed by atoms with Crippen LogP contribution in [-0.4, -0.2) is 44.1 Å². The number of rotatable bonds is 7. The van der Waals surface area contributed by atoms with Crippen LogP contribution in [0.2, 0.25) is 0 Å². The number of aromatic nitrogens is 2.